The fourth-order valence-corrected chi connectivity index (χ4v) is 4.92. The molecule has 0 bridgehead atoms. The summed E-state index contributed by atoms with van der Waals surface area (Å²) >= 11 is 1.17. The Hall–Kier alpha value is -1.97. The van der Waals surface area contributed by atoms with E-state index in [-0.39, 0.29) is 15.7 Å². The Balaban J connectivity index is 1.68. The van der Waals surface area contributed by atoms with E-state index in [1.54, 1.807) is 27.7 Å². The maximum atomic E-state index is 12.6. The molecular weight excluding hydrogens is 386 g/mol. The Labute approximate surface area is 162 Å². The monoisotopic (exact) mass is 409 g/mol. The van der Waals surface area contributed by atoms with Crippen molar-refractivity contribution >= 4 is 33.0 Å². The first-order chi connectivity index (χ1) is 12.7. The number of nitrogens with zero attached hydrogens (tertiary/aromatic N) is 3. The Kier molecular flexibility index (Phi) is 5.55. The lowest BCUT2D eigenvalue weighted by atomic mass is 10.2. The van der Waals surface area contributed by atoms with Crippen molar-refractivity contribution in [2.75, 3.05) is 25.5 Å². The molecule has 3 rings (SSSR count). The molecule has 2 aromatic rings. The van der Waals surface area contributed by atoms with Crippen LogP contribution in [0.4, 0.5) is 5.69 Å². The number of carbonyl (C=O) groups excluding carboxylic acids is 1. The molecule has 146 valence electrons. The van der Waals surface area contributed by atoms with Crippen LogP contribution in [-0.2, 0) is 27.8 Å². The lowest BCUT2D eigenvalue weighted by molar-refractivity contribution is -0.118. The Bertz CT molecular complexity index is 1020. The van der Waals surface area contributed by atoms with Crippen molar-refractivity contribution in [1.82, 2.24) is 8.87 Å². The van der Waals surface area contributed by atoms with Crippen LogP contribution in [0.5, 0.6) is 0 Å². The van der Waals surface area contributed by atoms with Crippen LogP contribution in [0.2, 0.25) is 0 Å². The molecule has 0 spiro atoms. The van der Waals surface area contributed by atoms with Crippen LogP contribution in [0.1, 0.15) is 24.1 Å². The summed E-state index contributed by atoms with van der Waals surface area (Å²) < 4.78 is 27.4. The van der Waals surface area contributed by atoms with Crippen LogP contribution in [0.25, 0.3) is 0 Å². The van der Waals surface area contributed by atoms with Crippen LogP contribution in [0, 0.1) is 6.92 Å². The summed E-state index contributed by atoms with van der Waals surface area (Å²) in [7, 11) is -0.487. The summed E-state index contributed by atoms with van der Waals surface area (Å²) in [5, 5.41) is 1.82. The molecule has 9 heteroatoms. The van der Waals surface area contributed by atoms with Gasteiger partial charge < -0.3 is 9.47 Å². The highest BCUT2D eigenvalue weighted by molar-refractivity contribution is 7.89. The highest BCUT2D eigenvalue weighted by Crippen LogP contribution is 2.31. The van der Waals surface area contributed by atoms with Gasteiger partial charge in [-0.05, 0) is 43.5 Å². The van der Waals surface area contributed by atoms with Gasteiger partial charge in [0.05, 0.1) is 4.90 Å². The standard InChI is InChI=1S/C18H23N3O4S2/c1-13-12-26-18(23)20(13)9-4-5-17(22)21-10-8-14-11-15(6-7-16(14)21)27(24,25)19(2)3/h6-7,11-12H,4-5,8-10H2,1-3H3. The molecule has 0 saturated carbocycles. The number of carbonyl (C=O) groups is 1. The number of fused-ring (bicyclic) bond motifs is 1. The van der Waals surface area contributed by atoms with Gasteiger partial charge in [0, 0.05) is 50.4 Å². The summed E-state index contributed by atoms with van der Waals surface area (Å²) in [6.45, 7) is 2.97. The Morgan fingerprint density at radius 1 is 1.30 bits per heavy atom. The normalized spacial score (nSPS) is 14.0. The fraction of sp³-hybridized carbons (Fsp3) is 0.444. The molecule has 2 heterocycles. The van der Waals surface area contributed by atoms with Crippen LogP contribution >= 0.6 is 11.3 Å². The SMILES string of the molecule is Cc1csc(=O)n1CCCC(=O)N1CCc2cc(S(=O)(=O)N(C)C)ccc21. The van der Waals surface area contributed by atoms with E-state index < -0.39 is 10.0 Å². The summed E-state index contributed by atoms with van der Waals surface area (Å²) in [5.74, 6) is -0.00195. The first kappa shape index (κ1) is 19.8. The molecule has 1 aromatic carbocycles. The van der Waals surface area contributed by atoms with Gasteiger partial charge in [0.1, 0.15) is 0 Å². The second-order valence-electron chi connectivity index (χ2n) is 6.77. The summed E-state index contributed by atoms with van der Waals surface area (Å²) in [4.78, 5) is 26.3. The van der Waals surface area contributed by atoms with Crippen molar-refractivity contribution < 1.29 is 13.2 Å². The van der Waals surface area contributed by atoms with Crippen LogP contribution in [0.3, 0.4) is 0 Å². The van der Waals surface area contributed by atoms with Gasteiger partial charge in [-0.25, -0.2) is 12.7 Å². The van der Waals surface area contributed by atoms with Gasteiger partial charge in [-0.2, -0.15) is 0 Å². The predicted octanol–water partition coefficient (Wildman–Crippen LogP) is 1.84. The van der Waals surface area contributed by atoms with E-state index in [1.807, 2.05) is 12.3 Å². The molecule has 0 radical (unpaired) electrons. The average molecular weight is 410 g/mol. The maximum Gasteiger partial charge on any atom is 0.307 e. The number of hydrogen-bond acceptors (Lipinski definition) is 5. The lowest BCUT2D eigenvalue weighted by Gasteiger charge is -2.18. The highest BCUT2D eigenvalue weighted by Gasteiger charge is 2.27. The molecule has 0 N–H and O–H groups in total. The number of hydrogen-bond donors (Lipinski definition) is 0. The van der Waals surface area contributed by atoms with E-state index >= 15 is 0 Å². The minimum atomic E-state index is -3.49. The van der Waals surface area contributed by atoms with E-state index in [9.17, 15) is 18.0 Å². The zero-order valence-corrected chi connectivity index (χ0v) is 17.3. The number of thiazole rings is 1. The fourth-order valence-electron chi connectivity index (χ4n) is 3.21. The molecule has 0 aliphatic carbocycles. The van der Waals surface area contributed by atoms with E-state index in [2.05, 4.69) is 0 Å². The van der Waals surface area contributed by atoms with Crippen LogP contribution < -0.4 is 9.77 Å². The van der Waals surface area contributed by atoms with Crippen molar-refractivity contribution in [3.63, 3.8) is 0 Å². The minimum Gasteiger partial charge on any atom is -0.312 e. The second-order valence-corrected chi connectivity index (χ2v) is 9.74. The first-order valence-electron chi connectivity index (χ1n) is 8.72. The Morgan fingerprint density at radius 2 is 2.04 bits per heavy atom. The third-order valence-electron chi connectivity index (χ3n) is 4.77. The van der Waals surface area contributed by atoms with Crippen molar-refractivity contribution in [1.29, 1.82) is 0 Å². The van der Waals surface area contributed by atoms with Gasteiger partial charge >= 0.3 is 4.87 Å². The topological polar surface area (TPSA) is 79.7 Å². The molecule has 0 fully saturated rings. The second kappa shape index (κ2) is 7.57. The van der Waals surface area contributed by atoms with Gasteiger partial charge in [0.15, 0.2) is 0 Å². The van der Waals surface area contributed by atoms with Crippen LogP contribution in [0.15, 0.2) is 33.3 Å². The van der Waals surface area contributed by atoms with E-state index in [4.69, 9.17) is 0 Å². The smallest absolute Gasteiger partial charge is 0.307 e. The summed E-state index contributed by atoms with van der Waals surface area (Å²) in [6, 6.07) is 4.92. The van der Waals surface area contributed by atoms with E-state index in [1.165, 1.54) is 29.7 Å². The summed E-state index contributed by atoms with van der Waals surface area (Å²) in [6.07, 6.45) is 1.58. The van der Waals surface area contributed by atoms with E-state index in [0.29, 0.717) is 32.4 Å². The molecule has 7 nitrogen and oxygen atoms in total. The molecule has 1 amide bonds. The maximum absolute atomic E-state index is 12.6. The van der Waals surface area contributed by atoms with E-state index in [0.717, 1.165) is 16.9 Å². The molecular formula is C18H23N3O4S2. The molecule has 1 aliphatic rings. The number of benzene rings is 1. The number of aromatic nitrogens is 1. The number of amides is 1. The summed E-state index contributed by atoms with van der Waals surface area (Å²) in [5.41, 5.74) is 2.57. The Morgan fingerprint density at radius 3 is 2.67 bits per heavy atom. The van der Waals surface area contributed by atoms with Gasteiger partial charge in [-0.15, -0.1) is 0 Å². The third-order valence-corrected chi connectivity index (χ3v) is 7.47. The number of aryl methyl sites for hydroxylation is 1. The predicted molar refractivity (Wildman–Crippen MR) is 106 cm³/mol. The zero-order chi connectivity index (χ0) is 19.8. The molecule has 1 aromatic heterocycles. The van der Waals surface area contributed by atoms with Gasteiger partial charge in [-0.3, -0.25) is 9.59 Å². The van der Waals surface area contributed by atoms with Crippen molar-refractivity contribution in [3.8, 4) is 0 Å². The van der Waals surface area contributed by atoms with Gasteiger partial charge in [-0.1, -0.05) is 11.3 Å². The third kappa shape index (κ3) is 3.85. The molecule has 27 heavy (non-hydrogen) atoms. The number of sulfonamides is 1. The first-order valence-corrected chi connectivity index (χ1v) is 11.0. The zero-order valence-electron chi connectivity index (χ0n) is 15.6. The largest absolute Gasteiger partial charge is 0.312 e. The molecule has 0 saturated heterocycles. The van der Waals surface area contributed by atoms with Crippen LogP contribution in [-0.4, -0.2) is 43.8 Å². The van der Waals surface area contributed by atoms with Crippen molar-refractivity contribution in [3.05, 3.63) is 44.5 Å². The van der Waals surface area contributed by atoms with Gasteiger partial charge in [0.25, 0.3) is 0 Å². The van der Waals surface area contributed by atoms with Gasteiger partial charge in [0.2, 0.25) is 15.9 Å². The number of anilines is 1. The molecule has 0 unspecified atom stereocenters. The number of rotatable bonds is 6. The quantitative estimate of drug-likeness (QED) is 0.729. The van der Waals surface area contributed by atoms with Crippen molar-refractivity contribution in [2.45, 2.75) is 37.6 Å². The highest BCUT2D eigenvalue weighted by atomic mass is 32.2. The minimum absolute atomic E-state index is 0.00102. The molecule has 1 aliphatic heterocycles. The lowest BCUT2D eigenvalue weighted by Crippen LogP contribution is -2.29. The average Bonchev–Trinajstić information content (AvgIpc) is 3.18. The molecule has 0 atom stereocenters. The van der Waals surface area contributed by atoms with Crippen molar-refractivity contribution in [2.24, 2.45) is 0 Å².